The second kappa shape index (κ2) is 7.66. The lowest BCUT2D eigenvalue weighted by Crippen LogP contribution is -2.42. The number of carbonyl (C=O) groups is 1. The van der Waals surface area contributed by atoms with Crippen molar-refractivity contribution < 1.29 is 9.90 Å². The molecule has 2 amide bonds. The van der Waals surface area contributed by atoms with Crippen molar-refractivity contribution >= 4 is 6.03 Å². The number of carbonyl (C=O) groups excluding carboxylic acids is 1. The summed E-state index contributed by atoms with van der Waals surface area (Å²) < 4.78 is 0. The van der Waals surface area contributed by atoms with Crippen LogP contribution in [0.2, 0.25) is 0 Å². The highest BCUT2D eigenvalue weighted by Crippen LogP contribution is 2.04. The molecule has 1 heterocycles. The van der Waals surface area contributed by atoms with E-state index < -0.39 is 0 Å². The molecule has 0 aromatic carbocycles. The Bertz CT molecular complexity index is 382. The maximum absolute atomic E-state index is 11.7. The molecule has 0 fully saturated rings. The number of aliphatic hydroxyl groups excluding tert-OH is 1. The van der Waals surface area contributed by atoms with Crippen LogP contribution in [0.15, 0.2) is 18.5 Å². The average molecular weight is 251 g/mol. The molecule has 0 saturated heterocycles. The van der Waals surface area contributed by atoms with Gasteiger partial charge in [0.1, 0.15) is 0 Å². The van der Waals surface area contributed by atoms with Gasteiger partial charge in [0.25, 0.3) is 0 Å². The standard InChI is InChI=1S/C13H21N3O2/c1-3-16(8-9-17)13(18)15-7-5-12-4-6-14-10-11(12)2/h4,6,10,17H,3,5,7-9H2,1-2H3,(H,15,18). The van der Waals surface area contributed by atoms with Gasteiger partial charge in [-0.2, -0.15) is 0 Å². The minimum atomic E-state index is -0.127. The lowest BCUT2D eigenvalue weighted by Gasteiger charge is -2.20. The molecule has 5 nitrogen and oxygen atoms in total. The molecule has 0 radical (unpaired) electrons. The zero-order valence-corrected chi connectivity index (χ0v) is 11.0. The van der Waals surface area contributed by atoms with Gasteiger partial charge >= 0.3 is 6.03 Å². The number of hydrogen-bond acceptors (Lipinski definition) is 3. The minimum Gasteiger partial charge on any atom is -0.395 e. The summed E-state index contributed by atoms with van der Waals surface area (Å²) >= 11 is 0. The minimum absolute atomic E-state index is 0.00920. The van der Waals surface area contributed by atoms with Gasteiger partial charge < -0.3 is 15.3 Å². The lowest BCUT2D eigenvalue weighted by molar-refractivity contribution is 0.180. The number of rotatable bonds is 6. The number of nitrogens with zero attached hydrogens (tertiary/aromatic N) is 2. The first-order chi connectivity index (χ1) is 8.69. The van der Waals surface area contributed by atoms with E-state index in [2.05, 4.69) is 10.3 Å². The van der Waals surface area contributed by atoms with Gasteiger partial charge in [0, 0.05) is 32.0 Å². The fraction of sp³-hybridized carbons (Fsp3) is 0.538. The molecule has 0 saturated carbocycles. The first kappa shape index (κ1) is 14.4. The number of amides is 2. The van der Waals surface area contributed by atoms with Crippen molar-refractivity contribution in [2.24, 2.45) is 0 Å². The number of nitrogens with one attached hydrogen (secondary N) is 1. The molecule has 0 atom stereocenters. The molecule has 18 heavy (non-hydrogen) atoms. The monoisotopic (exact) mass is 251 g/mol. The number of hydrogen-bond donors (Lipinski definition) is 2. The maximum atomic E-state index is 11.7. The third-order valence-electron chi connectivity index (χ3n) is 2.85. The Labute approximate surface area is 108 Å². The largest absolute Gasteiger partial charge is 0.395 e. The van der Waals surface area contributed by atoms with Gasteiger partial charge in [-0.3, -0.25) is 4.98 Å². The summed E-state index contributed by atoms with van der Waals surface area (Å²) in [6.45, 7) is 5.45. The van der Waals surface area contributed by atoms with Gasteiger partial charge in [-0.15, -0.1) is 0 Å². The molecule has 0 aliphatic carbocycles. The zero-order chi connectivity index (χ0) is 13.4. The molecule has 0 bridgehead atoms. The quantitative estimate of drug-likeness (QED) is 0.791. The molecule has 1 aromatic heterocycles. The number of aryl methyl sites for hydroxylation is 1. The predicted octanol–water partition coefficient (Wildman–Crippen LogP) is 0.956. The molecule has 5 heteroatoms. The number of pyridine rings is 1. The number of aliphatic hydroxyl groups is 1. The Morgan fingerprint density at radius 2 is 2.33 bits per heavy atom. The Balaban J connectivity index is 2.37. The second-order valence-corrected chi connectivity index (χ2v) is 4.09. The van der Waals surface area contributed by atoms with Crippen molar-refractivity contribution in [2.45, 2.75) is 20.3 Å². The summed E-state index contributed by atoms with van der Waals surface area (Å²) in [5.41, 5.74) is 2.32. The summed E-state index contributed by atoms with van der Waals surface area (Å²) in [6, 6.07) is 1.84. The van der Waals surface area contributed by atoms with Gasteiger partial charge in [-0.1, -0.05) is 0 Å². The molecular formula is C13H21N3O2. The number of likely N-dealkylation sites (N-methyl/N-ethyl adjacent to an activating group) is 1. The van der Waals surface area contributed by atoms with Gasteiger partial charge in [-0.25, -0.2) is 4.79 Å². The van der Waals surface area contributed by atoms with E-state index >= 15 is 0 Å². The SMILES string of the molecule is CCN(CCO)C(=O)NCCc1ccncc1C. The van der Waals surface area contributed by atoms with E-state index in [0.29, 0.717) is 19.6 Å². The molecule has 0 unspecified atom stereocenters. The van der Waals surface area contributed by atoms with Gasteiger partial charge in [-0.05, 0) is 37.5 Å². The van der Waals surface area contributed by atoms with Crippen LogP contribution in [0.1, 0.15) is 18.1 Å². The van der Waals surface area contributed by atoms with Gasteiger partial charge in [0.15, 0.2) is 0 Å². The van der Waals surface area contributed by atoms with Crippen LogP contribution in [0.3, 0.4) is 0 Å². The zero-order valence-electron chi connectivity index (χ0n) is 11.0. The molecule has 1 rings (SSSR count). The van der Waals surface area contributed by atoms with E-state index in [1.54, 1.807) is 11.1 Å². The van der Waals surface area contributed by atoms with Crippen LogP contribution in [0.4, 0.5) is 4.79 Å². The summed E-state index contributed by atoms with van der Waals surface area (Å²) in [4.78, 5) is 17.3. The summed E-state index contributed by atoms with van der Waals surface area (Å²) in [5.74, 6) is 0. The third-order valence-corrected chi connectivity index (χ3v) is 2.85. The van der Waals surface area contributed by atoms with Crippen LogP contribution < -0.4 is 5.32 Å². The van der Waals surface area contributed by atoms with Gasteiger partial charge in [0.2, 0.25) is 0 Å². The summed E-state index contributed by atoms with van der Waals surface area (Å²) in [6.07, 6.45) is 4.37. The van der Waals surface area contributed by atoms with E-state index in [4.69, 9.17) is 5.11 Å². The molecule has 0 aliphatic rings. The maximum Gasteiger partial charge on any atom is 0.317 e. The van der Waals surface area contributed by atoms with E-state index in [-0.39, 0.29) is 12.6 Å². The summed E-state index contributed by atoms with van der Waals surface area (Å²) in [5, 5.41) is 11.7. The molecule has 0 aliphatic heterocycles. The van der Waals surface area contributed by atoms with E-state index in [1.807, 2.05) is 26.1 Å². The Morgan fingerprint density at radius 1 is 1.56 bits per heavy atom. The highest BCUT2D eigenvalue weighted by atomic mass is 16.3. The molecular weight excluding hydrogens is 230 g/mol. The van der Waals surface area contributed by atoms with Crippen LogP contribution in [-0.4, -0.2) is 47.3 Å². The topological polar surface area (TPSA) is 65.5 Å². The highest BCUT2D eigenvalue weighted by molar-refractivity contribution is 5.74. The molecule has 2 N–H and O–H groups in total. The molecule has 0 spiro atoms. The Morgan fingerprint density at radius 3 is 2.94 bits per heavy atom. The van der Waals surface area contributed by atoms with Crippen molar-refractivity contribution in [3.8, 4) is 0 Å². The fourth-order valence-electron chi connectivity index (χ4n) is 1.72. The van der Waals surface area contributed by atoms with Crippen LogP contribution >= 0.6 is 0 Å². The first-order valence-electron chi connectivity index (χ1n) is 6.22. The molecule has 1 aromatic rings. The third kappa shape index (κ3) is 4.33. The second-order valence-electron chi connectivity index (χ2n) is 4.09. The predicted molar refractivity (Wildman–Crippen MR) is 70.4 cm³/mol. The summed E-state index contributed by atoms with van der Waals surface area (Å²) in [7, 11) is 0. The smallest absolute Gasteiger partial charge is 0.317 e. The molecule has 100 valence electrons. The lowest BCUT2D eigenvalue weighted by atomic mass is 10.1. The average Bonchev–Trinajstić information content (AvgIpc) is 2.38. The van der Waals surface area contributed by atoms with Crippen molar-refractivity contribution in [2.75, 3.05) is 26.2 Å². The Hall–Kier alpha value is -1.62. The Kier molecular flexibility index (Phi) is 6.14. The van der Waals surface area contributed by atoms with E-state index in [1.165, 1.54) is 5.56 Å². The number of urea groups is 1. The van der Waals surface area contributed by atoms with Crippen molar-refractivity contribution in [3.63, 3.8) is 0 Å². The highest BCUT2D eigenvalue weighted by Gasteiger charge is 2.09. The van der Waals surface area contributed by atoms with Crippen molar-refractivity contribution in [1.29, 1.82) is 0 Å². The van der Waals surface area contributed by atoms with Crippen LogP contribution in [0.5, 0.6) is 0 Å². The fourth-order valence-corrected chi connectivity index (χ4v) is 1.72. The first-order valence-corrected chi connectivity index (χ1v) is 6.22. The van der Waals surface area contributed by atoms with Crippen LogP contribution in [-0.2, 0) is 6.42 Å². The van der Waals surface area contributed by atoms with Crippen LogP contribution in [0.25, 0.3) is 0 Å². The number of aromatic nitrogens is 1. The normalized spacial score (nSPS) is 10.2. The van der Waals surface area contributed by atoms with Crippen molar-refractivity contribution in [1.82, 2.24) is 15.2 Å². The van der Waals surface area contributed by atoms with E-state index in [0.717, 1.165) is 12.0 Å². The van der Waals surface area contributed by atoms with Gasteiger partial charge in [0.05, 0.1) is 6.61 Å². The van der Waals surface area contributed by atoms with Crippen molar-refractivity contribution in [3.05, 3.63) is 29.6 Å². The van der Waals surface area contributed by atoms with Crippen LogP contribution in [0, 0.1) is 6.92 Å². The van der Waals surface area contributed by atoms with E-state index in [9.17, 15) is 4.79 Å².